The van der Waals surface area contributed by atoms with Gasteiger partial charge >= 0.3 is 0 Å². The fourth-order valence-corrected chi connectivity index (χ4v) is 3.68. The zero-order valence-electron chi connectivity index (χ0n) is 11.8. The van der Waals surface area contributed by atoms with Crippen LogP contribution >= 0.6 is 0 Å². The van der Waals surface area contributed by atoms with Gasteiger partial charge in [0.25, 0.3) is 0 Å². The summed E-state index contributed by atoms with van der Waals surface area (Å²) in [4.78, 5) is 2.50. The van der Waals surface area contributed by atoms with Crippen molar-refractivity contribution in [3.05, 3.63) is 29.8 Å². The average Bonchev–Trinajstić information content (AvgIpc) is 2.45. The molecule has 1 heterocycles. The molecule has 2 rings (SSSR count). The first-order valence-electron chi connectivity index (χ1n) is 6.87. The lowest BCUT2D eigenvalue weighted by Gasteiger charge is -2.30. The van der Waals surface area contributed by atoms with E-state index in [0.29, 0.717) is 24.6 Å². The number of nitrogens with two attached hydrogens (primary N) is 1. The molecule has 20 heavy (non-hydrogen) atoms. The van der Waals surface area contributed by atoms with Crippen LogP contribution in [0.4, 0.5) is 0 Å². The summed E-state index contributed by atoms with van der Waals surface area (Å²) >= 11 is 0. The van der Waals surface area contributed by atoms with E-state index in [0.717, 1.165) is 18.7 Å². The van der Waals surface area contributed by atoms with Gasteiger partial charge in [0.2, 0.25) is 0 Å². The number of rotatable bonds is 5. The van der Waals surface area contributed by atoms with E-state index >= 15 is 0 Å². The molecule has 1 aromatic rings. The minimum absolute atomic E-state index is 0.133. The third-order valence-electron chi connectivity index (χ3n) is 3.49. The number of nitrogens with zero attached hydrogens (tertiary/aromatic N) is 1. The monoisotopic (exact) mass is 298 g/mol. The van der Waals surface area contributed by atoms with Gasteiger partial charge in [0.15, 0.2) is 9.84 Å². The predicted octanol–water partition coefficient (Wildman–Crippen LogP) is 0.640. The Hall–Kier alpha value is -0.950. The van der Waals surface area contributed by atoms with Gasteiger partial charge in [-0.2, -0.15) is 0 Å². The van der Waals surface area contributed by atoms with E-state index in [1.54, 1.807) is 18.2 Å². The zero-order valence-corrected chi connectivity index (χ0v) is 12.6. The molecule has 0 spiro atoms. The molecule has 0 amide bonds. The van der Waals surface area contributed by atoms with Crippen molar-refractivity contribution in [2.24, 2.45) is 5.73 Å². The molecule has 6 heteroatoms. The van der Waals surface area contributed by atoms with E-state index in [1.807, 2.05) is 13.0 Å². The summed E-state index contributed by atoms with van der Waals surface area (Å²) in [7, 11) is -3.25. The second-order valence-electron chi connectivity index (χ2n) is 5.15. The third-order valence-corrected chi connectivity index (χ3v) is 5.19. The van der Waals surface area contributed by atoms with E-state index in [1.165, 1.54) is 0 Å². The van der Waals surface area contributed by atoms with Crippen molar-refractivity contribution in [2.45, 2.75) is 24.5 Å². The predicted molar refractivity (Wildman–Crippen MR) is 78.2 cm³/mol. The Balaban J connectivity index is 1.99. The lowest BCUT2D eigenvalue weighted by Crippen LogP contribution is -2.43. The van der Waals surface area contributed by atoms with Gasteiger partial charge in [0, 0.05) is 26.2 Å². The van der Waals surface area contributed by atoms with Crippen LogP contribution in [-0.2, 0) is 21.1 Å². The molecular weight excluding hydrogens is 276 g/mol. The van der Waals surface area contributed by atoms with E-state index in [4.69, 9.17) is 10.5 Å². The summed E-state index contributed by atoms with van der Waals surface area (Å²) < 4.78 is 30.1. The molecule has 2 N–H and O–H groups in total. The van der Waals surface area contributed by atoms with Crippen LogP contribution in [-0.4, -0.2) is 51.4 Å². The normalized spacial score (nSPS) is 21.0. The van der Waals surface area contributed by atoms with Crippen LogP contribution in [0.5, 0.6) is 0 Å². The maximum atomic E-state index is 12.3. The van der Waals surface area contributed by atoms with E-state index in [2.05, 4.69) is 4.90 Å². The summed E-state index contributed by atoms with van der Waals surface area (Å²) in [6.07, 6.45) is 0.173. The number of hydrogen-bond donors (Lipinski definition) is 1. The Labute approximate surface area is 120 Å². The average molecular weight is 298 g/mol. The van der Waals surface area contributed by atoms with Gasteiger partial charge in [-0.05, 0) is 24.6 Å². The first-order chi connectivity index (χ1) is 9.51. The molecule has 0 aliphatic carbocycles. The highest BCUT2D eigenvalue weighted by Crippen LogP contribution is 2.14. The SMILES string of the molecule is CC1CN(CCS(=O)(=O)c2cccc(CN)c2)CCO1. The molecule has 0 saturated carbocycles. The molecule has 0 aromatic heterocycles. The molecule has 0 radical (unpaired) electrons. The van der Waals surface area contributed by atoms with Gasteiger partial charge in [-0.3, -0.25) is 4.90 Å². The summed E-state index contributed by atoms with van der Waals surface area (Å²) in [6.45, 7) is 5.16. The zero-order chi connectivity index (χ0) is 14.6. The van der Waals surface area contributed by atoms with E-state index < -0.39 is 9.84 Å². The molecule has 112 valence electrons. The van der Waals surface area contributed by atoms with Crippen molar-refractivity contribution in [1.29, 1.82) is 0 Å². The Morgan fingerprint density at radius 3 is 2.95 bits per heavy atom. The number of morpholine rings is 1. The van der Waals surface area contributed by atoms with Gasteiger partial charge < -0.3 is 10.5 Å². The summed E-state index contributed by atoms with van der Waals surface area (Å²) in [6, 6.07) is 6.88. The number of sulfone groups is 1. The molecule has 1 aromatic carbocycles. The molecule has 5 nitrogen and oxygen atoms in total. The molecule has 1 unspecified atom stereocenters. The highest BCUT2D eigenvalue weighted by molar-refractivity contribution is 7.91. The highest BCUT2D eigenvalue weighted by atomic mass is 32.2. The highest BCUT2D eigenvalue weighted by Gasteiger charge is 2.20. The van der Waals surface area contributed by atoms with Crippen LogP contribution in [0.3, 0.4) is 0 Å². The number of ether oxygens (including phenoxy) is 1. The molecule has 0 bridgehead atoms. The standard InChI is InChI=1S/C14H22N2O3S/c1-12-11-16(5-7-19-12)6-8-20(17,18)14-4-2-3-13(9-14)10-15/h2-4,9,12H,5-8,10-11,15H2,1H3. The van der Waals surface area contributed by atoms with Crippen LogP contribution in [0, 0.1) is 0 Å². The van der Waals surface area contributed by atoms with Gasteiger partial charge in [-0.1, -0.05) is 12.1 Å². The van der Waals surface area contributed by atoms with E-state index in [9.17, 15) is 8.42 Å². The minimum Gasteiger partial charge on any atom is -0.376 e. The first-order valence-corrected chi connectivity index (χ1v) is 8.52. The van der Waals surface area contributed by atoms with Crippen molar-refractivity contribution in [2.75, 3.05) is 32.0 Å². The van der Waals surface area contributed by atoms with Gasteiger partial charge in [0.1, 0.15) is 0 Å². The molecule has 1 fully saturated rings. The molecule has 1 atom stereocenters. The van der Waals surface area contributed by atoms with E-state index in [-0.39, 0.29) is 11.9 Å². The smallest absolute Gasteiger partial charge is 0.179 e. The van der Waals surface area contributed by atoms with Crippen LogP contribution in [0.1, 0.15) is 12.5 Å². The van der Waals surface area contributed by atoms with Crippen LogP contribution in [0.2, 0.25) is 0 Å². The second-order valence-corrected chi connectivity index (χ2v) is 7.26. The quantitative estimate of drug-likeness (QED) is 0.863. The number of benzene rings is 1. The topological polar surface area (TPSA) is 72.6 Å². The third kappa shape index (κ3) is 4.02. The summed E-state index contributed by atoms with van der Waals surface area (Å²) in [5.74, 6) is 0.133. The maximum absolute atomic E-state index is 12.3. The van der Waals surface area contributed by atoms with Gasteiger partial charge in [0.05, 0.1) is 23.4 Å². The van der Waals surface area contributed by atoms with Crippen LogP contribution in [0.25, 0.3) is 0 Å². The fraction of sp³-hybridized carbons (Fsp3) is 0.571. The van der Waals surface area contributed by atoms with Crippen LogP contribution in [0.15, 0.2) is 29.2 Å². The minimum atomic E-state index is -3.25. The molecule has 1 aliphatic heterocycles. The van der Waals surface area contributed by atoms with Crippen molar-refractivity contribution in [3.63, 3.8) is 0 Å². The largest absolute Gasteiger partial charge is 0.376 e. The Morgan fingerprint density at radius 1 is 1.45 bits per heavy atom. The fourth-order valence-electron chi connectivity index (χ4n) is 2.33. The lowest BCUT2D eigenvalue weighted by atomic mass is 10.2. The summed E-state index contributed by atoms with van der Waals surface area (Å²) in [5.41, 5.74) is 6.39. The Morgan fingerprint density at radius 2 is 2.25 bits per heavy atom. The van der Waals surface area contributed by atoms with Crippen molar-refractivity contribution in [3.8, 4) is 0 Å². The van der Waals surface area contributed by atoms with Crippen molar-refractivity contribution < 1.29 is 13.2 Å². The first kappa shape index (κ1) is 15.4. The Kier molecular flexibility index (Phi) is 5.15. The molecule has 1 saturated heterocycles. The molecule has 1 aliphatic rings. The lowest BCUT2D eigenvalue weighted by molar-refractivity contribution is -0.0160. The van der Waals surface area contributed by atoms with Crippen LogP contribution < -0.4 is 5.73 Å². The van der Waals surface area contributed by atoms with Gasteiger partial charge in [-0.25, -0.2) is 8.42 Å². The second kappa shape index (κ2) is 6.67. The summed E-state index contributed by atoms with van der Waals surface area (Å²) in [5, 5.41) is 0. The van der Waals surface area contributed by atoms with Crippen molar-refractivity contribution >= 4 is 9.84 Å². The maximum Gasteiger partial charge on any atom is 0.179 e. The number of hydrogen-bond acceptors (Lipinski definition) is 5. The van der Waals surface area contributed by atoms with Gasteiger partial charge in [-0.15, -0.1) is 0 Å². The Bertz CT molecular complexity index is 545. The molecular formula is C14H22N2O3S. The van der Waals surface area contributed by atoms with Crippen molar-refractivity contribution in [1.82, 2.24) is 4.90 Å².